The molecular formula is C12H12BrN3S. The van der Waals surface area contributed by atoms with Crippen molar-refractivity contribution < 1.29 is 0 Å². The molecule has 2 N–H and O–H groups in total. The SMILES string of the molecule is NCC(Sc1cnccn1)c1ccc(Br)cc1. The number of nitrogens with two attached hydrogens (primary N) is 1. The third-order valence-electron chi connectivity index (χ3n) is 2.26. The zero-order chi connectivity index (χ0) is 12.1. The predicted molar refractivity (Wildman–Crippen MR) is 73.8 cm³/mol. The second kappa shape index (κ2) is 6.14. The molecule has 2 aromatic rings. The maximum Gasteiger partial charge on any atom is 0.115 e. The van der Waals surface area contributed by atoms with E-state index in [1.165, 1.54) is 5.56 Å². The van der Waals surface area contributed by atoms with Gasteiger partial charge in [0.05, 0.1) is 6.20 Å². The second-order valence-electron chi connectivity index (χ2n) is 3.44. The van der Waals surface area contributed by atoms with Crippen LogP contribution < -0.4 is 5.73 Å². The van der Waals surface area contributed by atoms with Gasteiger partial charge >= 0.3 is 0 Å². The summed E-state index contributed by atoms with van der Waals surface area (Å²) in [4.78, 5) is 8.29. The van der Waals surface area contributed by atoms with Crippen molar-refractivity contribution in [1.29, 1.82) is 0 Å². The lowest BCUT2D eigenvalue weighted by atomic mass is 10.1. The van der Waals surface area contributed by atoms with E-state index in [4.69, 9.17) is 5.73 Å². The number of rotatable bonds is 4. The Bertz CT molecular complexity index is 461. The first-order chi connectivity index (χ1) is 8.29. The van der Waals surface area contributed by atoms with Crippen LogP contribution in [0.15, 0.2) is 52.4 Å². The molecule has 0 fully saturated rings. The van der Waals surface area contributed by atoms with E-state index in [-0.39, 0.29) is 5.25 Å². The van der Waals surface area contributed by atoms with E-state index in [1.807, 2.05) is 12.1 Å². The van der Waals surface area contributed by atoms with E-state index >= 15 is 0 Å². The van der Waals surface area contributed by atoms with Gasteiger partial charge in [0.25, 0.3) is 0 Å². The van der Waals surface area contributed by atoms with Crippen LogP contribution in [0.2, 0.25) is 0 Å². The first-order valence-electron chi connectivity index (χ1n) is 5.18. The van der Waals surface area contributed by atoms with Gasteiger partial charge < -0.3 is 5.73 Å². The van der Waals surface area contributed by atoms with Crippen LogP contribution in [0.25, 0.3) is 0 Å². The molecule has 0 saturated carbocycles. The van der Waals surface area contributed by atoms with Gasteiger partial charge in [-0.15, -0.1) is 0 Å². The Kier molecular flexibility index (Phi) is 4.53. The quantitative estimate of drug-likeness (QED) is 0.882. The molecule has 0 spiro atoms. The van der Waals surface area contributed by atoms with Crippen molar-refractivity contribution in [2.24, 2.45) is 5.73 Å². The topological polar surface area (TPSA) is 51.8 Å². The molecule has 1 heterocycles. The summed E-state index contributed by atoms with van der Waals surface area (Å²) in [6, 6.07) is 8.19. The smallest absolute Gasteiger partial charge is 0.115 e. The van der Waals surface area contributed by atoms with E-state index < -0.39 is 0 Å². The van der Waals surface area contributed by atoms with Crippen LogP contribution in [0.5, 0.6) is 0 Å². The van der Waals surface area contributed by atoms with Crippen molar-refractivity contribution in [3.63, 3.8) is 0 Å². The summed E-state index contributed by atoms with van der Waals surface area (Å²) in [6.07, 6.45) is 5.12. The fraction of sp³-hybridized carbons (Fsp3) is 0.167. The summed E-state index contributed by atoms with van der Waals surface area (Å²) in [7, 11) is 0. The molecule has 1 aromatic heterocycles. The standard InChI is InChI=1S/C12H12BrN3S/c13-10-3-1-9(2-4-10)11(7-14)17-12-8-15-5-6-16-12/h1-6,8,11H,7,14H2. The maximum atomic E-state index is 5.81. The molecule has 0 aliphatic heterocycles. The first-order valence-corrected chi connectivity index (χ1v) is 6.85. The zero-order valence-corrected chi connectivity index (χ0v) is 11.5. The Labute approximate surface area is 113 Å². The van der Waals surface area contributed by atoms with Crippen LogP contribution >= 0.6 is 27.7 Å². The molecule has 17 heavy (non-hydrogen) atoms. The van der Waals surface area contributed by atoms with Crippen molar-refractivity contribution in [2.75, 3.05) is 6.54 Å². The molecule has 0 radical (unpaired) electrons. The minimum absolute atomic E-state index is 0.208. The normalized spacial score (nSPS) is 12.4. The molecule has 88 valence electrons. The number of benzene rings is 1. The van der Waals surface area contributed by atoms with Crippen molar-refractivity contribution in [3.8, 4) is 0 Å². The number of nitrogens with zero attached hydrogens (tertiary/aromatic N) is 2. The van der Waals surface area contributed by atoms with E-state index in [0.29, 0.717) is 6.54 Å². The average Bonchev–Trinajstić information content (AvgIpc) is 2.38. The highest BCUT2D eigenvalue weighted by Crippen LogP contribution is 2.33. The lowest BCUT2D eigenvalue weighted by Gasteiger charge is -2.13. The van der Waals surface area contributed by atoms with Crippen molar-refractivity contribution >= 4 is 27.7 Å². The van der Waals surface area contributed by atoms with E-state index in [2.05, 4.69) is 38.0 Å². The highest BCUT2D eigenvalue weighted by molar-refractivity contribution is 9.10. The molecule has 0 amide bonds. The van der Waals surface area contributed by atoms with Gasteiger partial charge in [-0.3, -0.25) is 4.98 Å². The molecule has 0 aliphatic carbocycles. The number of aromatic nitrogens is 2. The van der Waals surface area contributed by atoms with Crippen LogP contribution in [-0.4, -0.2) is 16.5 Å². The molecule has 1 unspecified atom stereocenters. The Morgan fingerprint density at radius 1 is 1.24 bits per heavy atom. The Morgan fingerprint density at radius 2 is 2.00 bits per heavy atom. The van der Waals surface area contributed by atoms with Gasteiger partial charge in [0.15, 0.2) is 0 Å². The maximum absolute atomic E-state index is 5.81. The molecule has 1 atom stereocenters. The van der Waals surface area contributed by atoms with Crippen LogP contribution in [0.3, 0.4) is 0 Å². The monoisotopic (exact) mass is 309 g/mol. The fourth-order valence-corrected chi connectivity index (χ4v) is 2.61. The van der Waals surface area contributed by atoms with Gasteiger partial charge in [0, 0.05) is 28.7 Å². The van der Waals surface area contributed by atoms with Crippen molar-refractivity contribution in [2.45, 2.75) is 10.3 Å². The Hall–Kier alpha value is -0.910. The number of hydrogen-bond acceptors (Lipinski definition) is 4. The molecule has 3 nitrogen and oxygen atoms in total. The number of thioether (sulfide) groups is 1. The summed E-state index contributed by atoms with van der Waals surface area (Å²) in [5, 5.41) is 1.10. The third-order valence-corrected chi connectivity index (χ3v) is 3.99. The molecule has 0 aliphatic rings. The second-order valence-corrected chi connectivity index (χ2v) is 5.58. The minimum atomic E-state index is 0.208. The first kappa shape index (κ1) is 12.5. The summed E-state index contributed by atoms with van der Waals surface area (Å²) in [5.41, 5.74) is 7.01. The van der Waals surface area contributed by atoms with Crippen molar-refractivity contribution in [3.05, 3.63) is 52.9 Å². The summed E-state index contributed by atoms with van der Waals surface area (Å²) >= 11 is 5.06. The van der Waals surface area contributed by atoms with E-state index in [1.54, 1.807) is 30.4 Å². The van der Waals surface area contributed by atoms with Crippen LogP contribution in [0, 0.1) is 0 Å². The lowest BCUT2D eigenvalue weighted by Crippen LogP contribution is -2.09. The molecule has 5 heteroatoms. The van der Waals surface area contributed by atoms with Gasteiger partial charge in [0.1, 0.15) is 5.03 Å². The molecule has 0 saturated heterocycles. The molecule has 2 rings (SSSR count). The third kappa shape index (κ3) is 3.52. The summed E-state index contributed by atoms with van der Waals surface area (Å²) in [6.45, 7) is 0.572. The molecule has 1 aromatic carbocycles. The van der Waals surface area contributed by atoms with E-state index in [9.17, 15) is 0 Å². The van der Waals surface area contributed by atoms with Crippen molar-refractivity contribution in [1.82, 2.24) is 9.97 Å². The van der Waals surface area contributed by atoms with Gasteiger partial charge in [-0.25, -0.2) is 4.98 Å². The van der Waals surface area contributed by atoms with Crippen LogP contribution in [-0.2, 0) is 0 Å². The predicted octanol–water partition coefficient (Wildman–Crippen LogP) is 3.03. The average molecular weight is 310 g/mol. The van der Waals surface area contributed by atoms with Gasteiger partial charge in [-0.1, -0.05) is 39.8 Å². The van der Waals surface area contributed by atoms with Crippen LogP contribution in [0.4, 0.5) is 0 Å². The highest BCUT2D eigenvalue weighted by atomic mass is 79.9. The Balaban J connectivity index is 2.14. The zero-order valence-electron chi connectivity index (χ0n) is 9.08. The molecule has 0 bridgehead atoms. The summed E-state index contributed by atoms with van der Waals surface area (Å²) < 4.78 is 1.07. The van der Waals surface area contributed by atoms with Gasteiger partial charge in [0.2, 0.25) is 0 Å². The van der Waals surface area contributed by atoms with Gasteiger partial charge in [-0.2, -0.15) is 0 Å². The molecular weight excluding hydrogens is 298 g/mol. The number of hydrogen-bond donors (Lipinski definition) is 1. The largest absolute Gasteiger partial charge is 0.329 e. The highest BCUT2D eigenvalue weighted by Gasteiger charge is 2.11. The number of halogens is 1. The minimum Gasteiger partial charge on any atom is -0.329 e. The Morgan fingerprint density at radius 3 is 2.59 bits per heavy atom. The summed E-state index contributed by atoms with van der Waals surface area (Å²) in [5.74, 6) is 0. The van der Waals surface area contributed by atoms with Crippen LogP contribution in [0.1, 0.15) is 10.8 Å². The van der Waals surface area contributed by atoms with Gasteiger partial charge in [-0.05, 0) is 17.7 Å². The fourth-order valence-electron chi connectivity index (χ4n) is 1.42. The van der Waals surface area contributed by atoms with E-state index in [0.717, 1.165) is 9.50 Å². The lowest BCUT2D eigenvalue weighted by molar-refractivity contribution is 0.930.